The van der Waals surface area contributed by atoms with Gasteiger partial charge in [-0.2, -0.15) is 0 Å². The molecular weight excluding hydrogens is 396 g/mol. The second kappa shape index (κ2) is 5.57. The van der Waals surface area contributed by atoms with Gasteiger partial charge in [0.2, 0.25) is 0 Å². The quantitative estimate of drug-likeness (QED) is 0.523. The van der Waals surface area contributed by atoms with Crippen LogP contribution in [0.1, 0.15) is 26.3 Å². The van der Waals surface area contributed by atoms with E-state index in [1.807, 2.05) is 20.8 Å². The summed E-state index contributed by atoms with van der Waals surface area (Å²) in [6.45, 7) is 5.69. The fraction of sp³-hybridized carbons (Fsp3) is 0.455. The number of rotatable bonds is 3. The Bertz CT molecular complexity index is 547. The van der Waals surface area contributed by atoms with Gasteiger partial charge in [-0.1, -0.05) is 0 Å². The summed E-state index contributed by atoms with van der Waals surface area (Å²) < 4.78 is 63.0. The normalized spacial score (nSPS) is 13.8. The van der Waals surface area contributed by atoms with Crippen molar-refractivity contribution in [2.24, 2.45) is 0 Å². The van der Waals surface area contributed by atoms with E-state index < -0.39 is 37.2 Å². The molecule has 3 nitrogen and oxygen atoms in total. The van der Waals surface area contributed by atoms with Gasteiger partial charge in [0.05, 0.1) is 0 Å². The monoisotopic (exact) mass is 409 g/mol. The molecule has 0 radical (unpaired) electrons. The Hall–Kier alpha value is -0.350. The van der Waals surface area contributed by atoms with Gasteiger partial charge in [0.1, 0.15) is 0 Å². The van der Waals surface area contributed by atoms with Crippen LogP contribution in [-0.2, 0) is 18.0 Å². The molecule has 0 aromatic heterocycles. The van der Waals surface area contributed by atoms with E-state index in [0.717, 1.165) is 5.56 Å². The van der Waals surface area contributed by atoms with Gasteiger partial charge in [-0.05, 0) is 0 Å². The van der Waals surface area contributed by atoms with E-state index in [-0.39, 0.29) is 5.41 Å². The zero-order valence-electron chi connectivity index (χ0n) is 10.5. The van der Waals surface area contributed by atoms with Gasteiger partial charge in [-0.3, -0.25) is 0 Å². The standard InChI is InChI=1S/C11H13F3IO3S/c1-10(2,3)8-6-4-5-7-9(8)15-18-19(16,17)11(12,13)14/h4-7H,1-3H3/q-1. The second-order valence-corrected chi connectivity index (χ2v) is 8.95. The minimum absolute atomic E-state index is 0.290. The third-order valence-corrected chi connectivity index (χ3v) is 6.33. The molecule has 0 atom stereocenters. The van der Waals surface area contributed by atoms with E-state index in [9.17, 15) is 21.6 Å². The summed E-state index contributed by atoms with van der Waals surface area (Å²) >= 11 is -1.72. The van der Waals surface area contributed by atoms with E-state index in [1.54, 1.807) is 24.3 Å². The van der Waals surface area contributed by atoms with Crippen molar-refractivity contribution in [2.75, 3.05) is 0 Å². The molecule has 0 bridgehead atoms. The van der Waals surface area contributed by atoms with Crippen molar-refractivity contribution in [2.45, 2.75) is 31.7 Å². The molecule has 0 amide bonds. The van der Waals surface area contributed by atoms with Crippen LogP contribution < -0.4 is 21.6 Å². The van der Waals surface area contributed by atoms with Crippen molar-refractivity contribution < 1.29 is 45.7 Å². The van der Waals surface area contributed by atoms with Crippen LogP contribution >= 0.6 is 0 Å². The Morgan fingerprint density at radius 1 is 1.11 bits per heavy atom. The van der Waals surface area contributed by atoms with Crippen LogP contribution in [0.25, 0.3) is 0 Å². The number of halogens is 4. The van der Waals surface area contributed by atoms with Gasteiger partial charge in [-0.15, -0.1) is 0 Å². The summed E-state index contributed by atoms with van der Waals surface area (Å²) in [4.78, 5) is 0. The molecule has 0 heterocycles. The molecule has 0 unspecified atom stereocenters. The van der Waals surface area contributed by atoms with Crippen LogP contribution in [0, 0.1) is 3.57 Å². The van der Waals surface area contributed by atoms with Crippen LogP contribution in [0.4, 0.5) is 13.2 Å². The van der Waals surface area contributed by atoms with Crippen LogP contribution in [0.15, 0.2) is 24.3 Å². The number of alkyl halides is 3. The molecule has 0 aliphatic heterocycles. The third-order valence-electron chi connectivity index (χ3n) is 2.16. The molecule has 1 rings (SSSR count). The van der Waals surface area contributed by atoms with Crippen molar-refractivity contribution in [3.8, 4) is 0 Å². The summed E-state index contributed by atoms with van der Waals surface area (Å²) in [5.41, 5.74) is -4.87. The Morgan fingerprint density at radius 2 is 1.63 bits per heavy atom. The fourth-order valence-corrected chi connectivity index (χ4v) is 4.95. The molecule has 1 aromatic rings. The van der Waals surface area contributed by atoms with Gasteiger partial charge < -0.3 is 0 Å². The predicted octanol–water partition coefficient (Wildman–Crippen LogP) is 0.0239. The van der Waals surface area contributed by atoms with Gasteiger partial charge in [0.15, 0.2) is 0 Å². The summed E-state index contributed by atoms with van der Waals surface area (Å²) in [6, 6.07) is 6.76. The van der Waals surface area contributed by atoms with Gasteiger partial charge in [0, 0.05) is 0 Å². The fourth-order valence-electron chi connectivity index (χ4n) is 1.25. The SMILES string of the molecule is CC(C)(C)c1ccccc1[I-]OS(=O)(=O)C(F)(F)F. The molecular formula is C11H13F3IO3S-. The summed E-state index contributed by atoms with van der Waals surface area (Å²) in [5, 5.41) is 0. The molecule has 0 saturated heterocycles. The zero-order chi connectivity index (χ0) is 14.9. The van der Waals surface area contributed by atoms with Crippen molar-refractivity contribution in [1.29, 1.82) is 0 Å². The molecule has 0 fully saturated rings. The van der Waals surface area contributed by atoms with Crippen molar-refractivity contribution in [3.05, 3.63) is 33.4 Å². The van der Waals surface area contributed by atoms with E-state index in [4.69, 9.17) is 0 Å². The molecule has 19 heavy (non-hydrogen) atoms. The first kappa shape index (κ1) is 16.7. The molecule has 0 saturated carbocycles. The number of benzene rings is 1. The van der Waals surface area contributed by atoms with Gasteiger partial charge >= 0.3 is 121 Å². The molecule has 1 aromatic carbocycles. The van der Waals surface area contributed by atoms with E-state index >= 15 is 0 Å². The summed E-state index contributed by atoms with van der Waals surface area (Å²) in [5.74, 6) is 0. The molecule has 0 spiro atoms. The van der Waals surface area contributed by atoms with Crippen LogP contribution in [0.3, 0.4) is 0 Å². The molecule has 8 heteroatoms. The van der Waals surface area contributed by atoms with Gasteiger partial charge in [0.25, 0.3) is 0 Å². The zero-order valence-corrected chi connectivity index (χ0v) is 13.4. The van der Waals surface area contributed by atoms with Crippen molar-refractivity contribution >= 4 is 10.1 Å². The van der Waals surface area contributed by atoms with E-state index in [2.05, 4.69) is 2.51 Å². The average molecular weight is 409 g/mol. The molecule has 0 aliphatic rings. The van der Waals surface area contributed by atoms with E-state index in [1.165, 1.54) is 0 Å². The second-order valence-electron chi connectivity index (χ2n) is 4.77. The molecule has 110 valence electrons. The number of hydrogen-bond donors (Lipinski definition) is 0. The summed E-state index contributed by atoms with van der Waals surface area (Å²) in [7, 11) is -5.51. The first-order valence-corrected chi connectivity index (χ1v) is 8.56. The first-order chi connectivity index (χ1) is 8.45. The Morgan fingerprint density at radius 3 is 2.11 bits per heavy atom. The Balaban J connectivity index is 2.98. The minimum atomic E-state index is -5.51. The maximum absolute atomic E-state index is 12.2. The molecule has 0 N–H and O–H groups in total. The average Bonchev–Trinajstić information content (AvgIpc) is 2.24. The van der Waals surface area contributed by atoms with Crippen molar-refractivity contribution in [1.82, 2.24) is 0 Å². The molecule has 0 aliphatic carbocycles. The topological polar surface area (TPSA) is 43.4 Å². The van der Waals surface area contributed by atoms with Crippen LogP contribution in [0.2, 0.25) is 0 Å². The van der Waals surface area contributed by atoms with Crippen molar-refractivity contribution in [3.63, 3.8) is 0 Å². The number of hydrogen-bond acceptors (Lipinski definition) is 3. The van der Waals surface area contributed by atoms with Gasteiger partial charge in [-0.25, -0.2) is 0 Å². The Kier molecular flexibility index (Phi) is 4.89. The van der Waals surface area contributed by atoms with Crippen LogP contribution in [-0.4, -0.2) is 13.9 Å². The summed E-state index contributed by atoms with van der Waals surface area (Å²) in [6.07, 6.45) is 0. The third kappa shape index (κ3) is 4.32. The first-order valence-electron chi connectivity index (χ1n) is 5.19. The maximum atomic E-state index is 12.2. The Labute approximate surface area is 121 Å². The van der Waals surface area contributed by atoms with Crippen LogP contribution in [0.5, 0.6) is 0 Å². The predicted molar refractivity (Wildman–Crippen MR) is 59.9 cm³/mol. The van der Waals surface area contributed by atoms with E-state index in [0.29, 0.717) is 3.57 Å².